The summed E-state index contributed by atoms with van der Waals surface area (Å²) in [7, 11) is 1.51. The van der Waals surface area contributed by atoms with Gasteiger partial charge < -0.3 is 0 Å². The fraction of sp³-hybridized carbons (Fsp3) is 0.333. The van der Waals surface area contributed by atoms with Crippen LogP contribution < -0.4 is 0 Å². The standard InChI is InChI=1S/C12H11ClO4S/c13-18(16,17)7-3-6-10-11(14)8-4-1-2-5-9(8)12(10)15/h1-2,4-5,10H,3,6-7H2. The molecule has 2 rings (SSSR count). The van der Waals surface area contributed by atoms with Crippen molar-refractivity contribution < 1.29 is 18.0 Å². The largest absolute Gasteiger partial charge is 0.293 e. The van der Waals surface area contributed by atoms with Gasteiger partial charge in [0.05, 0.1) is 11.7 Å². The Kier molecular flexibility index (Phi) is 3.54. The van der Waals surface area contributed by atoms with E-state index >= 15 is 0 Å². The molecule has 1 aromatic carbocycles. The maximum Gasteiger partial charge on any atom is 0.232 e. The lowest BCUT2D eigenvalue weighted by Crippen LogP contribution is -2.16. The Morgan fingerprint density at radius 1 is 1.06 bits per heavy atom. The van der Waals surface area contributed by atoms with Crippen molar-refractivity contribution in [2.75, 3.05) is 5.75 Å². The van der Waals surface area contributed by atoms with Gasteiger partial charge in [0.25, 0.3) is 0 Å². The summed E-state index contributed by atoms with van der Waals surface area (Å²) in [5, 5.41) is 0. The lowest BCUT2D eigenvalue weighted by molar-refractivity contribution is 0.0830. The molecule has 0 aliphatic heterocycles. The van der Waals surface area contributed by atoms with E-state index in [0.29, 0.717) is 11.1 Å². The second-order valence-electron chi connectivity index (χ2n) is 4.21. The van der Waals surface area contributed by atoms with E-state index in [4.69, 9.17) is 10.7 Å². The average Bonchev–Trinajstić information content (AvgIpc) is 2.53. The Hall–Kier alpha value is -1.20. The fourth-order valence-corrected chi connectivity index (χ4v) is 2.97. The number of carbonyl (C=O) groups excluding carboxylic acids is 2. The number of ketones is 2. The van der Waals surface area contributed by atoms with Gasteiger partial charge >= 0.3 is 0 Å². The number of Topliss-reactive ketones (excluding diaryl/α,β-unsaturated/α-hetero) is 2. The molecule has 1 aliphatic carbocycles. The van der Waals surface area contributed by atoms with Crippen LogP contribution >= 0.6 is 10.7 Å². The molecule has 0 aromatic heterocycles. The summed E-state index contributed by atoms with van der Waals surface area (Å²) in [6.45, 7) is 0. The second-order valence-corrected chi connectivity index (χ2v) is 7.11. The predicted octanol–water partition coefficient (Wildman–Crippen LogP) is 2.03. The molecule has 0 fully saturated rings. The van der Waals surface area contributed by atoms with Crippen LogP contribution in [0, 0.1) is 5.92 Å². The molecule has 0 saturated heterocycles. The monoisotopic (exact) mass is 286 g/mol. The zero-order valence-electron chi connectivity index (χ0n) is 9.43. The van der Waals surface area contributed by atoms with E-state index in [1.807, 2.05) is 0 Å². The molecule has 96 valence electrons. The number of benzene rings is 1. The molecule has 4 nitrogen and oxygen atoms in total. The lowest BCUT2D eigenvalue weighted by atomic mass is 9.98. The first-order valence-electron chi connectivity index (χ1n) is 5.50. The molecule has 6 heteroatoms. The van der Waals surface area contributed by atoms with Crippen LogP contribution in [0.3, 0.4) is 0 Å². The predicted molar refractivity (Wildman–Crippen MR) is 67.5 cm³/mol. The molecule has 0 amide bonds. The maximum absolute atomic E-state index is 12.0. The molecule has 0 bridgehead atoms. The zero-order chi connectivity index (χ0) is 13.3. The highest BCUT2D eigenvalue weighted by Crippen LogP contribution is 2.29. The van der Waals surface area contributed by atoms with Gasteiger partial charge in [-0.25, -0.2) is 8.42 Å². The molecular weight excluding hydrogens is 276 g/mol. The molecule has 1 aromatic rings. The van der Waals surface area contributed by atoms with Gasteiger partial charge in [0.2, 0.25) is 9.05 Å². The van der Waals surface area contributed by atoms with Crippen molar-refractivity contribution in [3.63, 3.8) is 0 Å². The Balaban J connectivity index is 2.10. The molecule has 0 unspecified atom stereocenters. The van der Waals surface area contributed by atoms with Crippen LogP contribution in [0.1, 0.15) is 33.6 Å². The highest BCUT2D eigenvalue weighted by atomic mass is 35.7. The van der Waals surface area contributed by atoms with Gasteiger partial charge in [0, 0.05) is 21.8 Å². The average molecular weight is 287 g/mol. The van der Waals surface area contributed by atoms with E-state index in [9.17, 15) is 18.0 Å². The highest BCUT2D eigenvalue weighted by Gasteiger charge is 2.37. The minimum atomic E-state index is -3.57. The number of halogens is 1. The summed E-state index contributed by atoms with van der Waals surface area (Å²) in [6, 6.07) is 6.65. The SMILES string of the molecule is O=C1c2ccccc2C(=O)C1CCCS(=O)(=O)Cl. The summed E-state index contributed by atoms with van der Waals surface area (Å²) >= 11 is 0. The second kappa shape index (κ2) is 4.82. The first-order valence-corrected chi connectivity index (χ1v) is 7.98. The Morgan fingerprint density at radius 2 is 1.56 bits per heavy atom. The first kappa shape index (κ1) is 13.2. The van der Waals surface area contributed by atoms with Gasteiger partial charge in [0.1, 0.15) is 0 Å². The molecule has 18 heavy (non-hydrogen) atoms. The summed E-state index contributed by atoms with van der Waals surface area (Å²) in [5.74, 6) is -1.41. The van der Waals surface area contributed by atoms with Crippen molar-refractivity contribution in [3.8, 4) is 0 Å². The molecule has 0 atom stereocenters. The quantitative estimate of drug-likeness (QED) is 0.627. The van der Waals surface area contributed by atoms with Crippen molar-refractivity contribution in [2.45, 2.75) is 12.8 Å². The van der Waals surface area contributed by atoms with E-state index in [0.717, 1.165) is 0 Å². The summed E-state index contributed by atoms with van der Waals surface area (Å²) in [5.41, 5.74) is 0.863. The van der Waals surface area contributed by atoms with Crippen molar-refractivity contribution in [2.24, 2.45) is 5.92 Å². The van der Waals surface area contributed by atoms with Gasteiger partial charge in [-0.05, 0) is 12.8 Å². The molecule has 0 spiro atoms. The third-order valence-corrected chi connectivity index (χ3v) is 4.21. The molecule has 1 aliphatic rings. The topological polar surface area (TPSA) is 68.3 Å². The van der Waals surface area contributed by atoms with Crippen molar-refractivity contribution in [1.82, 2.24) is 0 Å². The van der Waals surface area contributed by atoms with Crippen LogP contribution in [0.15, 0.2) is 24.3 Å². The number of rotatable bonds is 4. The Morgan fingerprint density at radius 3 is 2.00 bits per heavy atom. The molecular formula is C12H11ClO4S. The summed E-state index contributed by atoms with van der Waals surface area (Å²) in [4.78, 5) is 23.9. The van der Waals surface area contributed by atoms with E-state index in [1.54, 1.807) is 24.3 Å². The van der Waals surface area contributed by atoms with Crippen molar-refractivity contribution >= 4 is 31.3 Å². The lowest BCUT2D eigenvalue weighted by Gasteiger charge is -2.04. The van der Waals surface area contributed by atoms with Crippen LogP contribution in [0.2, 0.25) is 0 Å². The van der Waals surface area contributed by atoms with Gasteiger partial charge in [-0.3, -0.25) is 9.59 Å². The molecule has 0 N–H and O–H groups in total. The highest BCUT2D eigenvalue weighted by molar-refractivity contribution is 8.13. The number of carbonyl (C=O) groups is 2. The van der Waals surface area contributed by atoms with E-state index in [1.165, 1.54) is 0 Å². The van der Waals surface area contributed by atoms with Gasteiger partial charge in [-0.15, -0.1) is 0 Å². The normalized spacial score (nSPS) is 16.1. The Bertz CT molecular complexity index is 571. The molecule has 0 heterocycles. The van der Waals surface area contributed by atoms with Crippen LogP contribution in [0.4, 0.5) is 0 Å². The van der Waals surface area contributed by atoms with Crippen LogP contribution in [0.5, 0.6) is 0 Å². The van der Waals surface area contributed by atoms with Crippen molar-refractivity contribution in [3.05, 3.63) is 35.4 Å². The van der Waals surface area contributed by atoms with Gasteiger partial charge in [0.15, 0.2) is 11.6 Å². The third kappa shape index (κ3) is 2.62. The van der Waals surface area contributed by atoms with Crippen LogP contribution in [0.25, 0.3) is 0 Å². The number of hydrogen-bond acceptors (Lipinski definition) is 4. The van der Waals surface area contributed by atoms with E-state index < -0.39 is 15.0 Å². The number of fused-ring (bicyclic) bond motifs is 1. The smallest absolute Gasteiger partial charge is 0.232 e. The van der Waals surface area contributed by atoms with E-state index in [2.05, 4.69) is 0 Å². The van der Waals surface area contributed by atoms with Crippen molar-refractivity contribution in [1.29, 1.82) is 0 Å². The number of hydrogen-bond donors (Lipinski definition) is 0. The van der Waals surface area contributed by atoms with E-state index in [-0.39, 0.29) is 30.2 Å². The first-order chi connectivity index (χ1) is 8.40. The summed E-state index contributed by atoms with van der Waals surface area (Å²) in [6.07, 6.45) is 0.431. The van der Waals surface area contributed by atoms with Crippen LogP contribution in [-0.2, 0) is 9.05 Å². The minimum absolute atomic E-state index is 0.210. The van der Waals surface area contributed by atoms with Gasteiger partial charge in [-0.2, -0.15) is 0 Å². The molecule has 0 radical (unpaired) electrons. The zero-order valence-corrected chi connectivity index (χ0v) is 11.0. The molecule has 0 saturated carbocycles. The minimum Gasteiger partial charge on any atom is -0.293 e. The maximum atomic E-state index is 12.0. The Labute approximate surface area is 109 Å². The fourth-order valence-electron chi connectivity index (χ4n) is 2.13. The van der Waals surface area contributed by atoms with Gasteiger partial charge in [-0.1, -0.05) is 24.3 Å². The summed E-state index contributed by atoms with van der Waals surface area (Å²) < 4.78 is 21.6. The van der Waals surface area contributed by atoms with Crippen LogP contribution in [-0.4, -0.2) is 25.7 Å². The third-order valence-electron chi connectivity index (χ3n) is 2.97.